The highest BCUT2D eigenvalue weighted by atomic mass is 16.1. The molecule has 0 fully saturated rings. The van der Waals surface area contributed by atoms with Gasteiger partial charge in [-0.1, -0.05) is 13.8 Å². The summed E-state index contributed by atoms with van der Waals surface area (Å²) >= 11 is 0. The quantitative estimate of drug-likeness (QED) is 0.789. The van der Waals surface area contributed by atoms with Gasteiger partial charge in [0.2, 0.25) is 5.95 Å². The van der Waals surface area contributed by atoms with Crippen molar-refractivity contribution in [3.8, 4) is 0 Å². The zero-order valence-electron chi connectivity index (χ0n) is 9.90. The Morgan fingerprint density at radius 2 is 1.73 bits per heavy atom. The van der Waals surface area contributed by atoms with Gasteiger partial charge in [0.25, 0.3) is 5.91 Å². The van der Waals surface area contributed by atoms with Crippen molar-refractivity contribution in [1.82, 2.24) is 15.3 Å². The van der Waals surface area contributed by atoms with Gasteiger partial charge >= 0.3 is 0 Å². The standard InChI is InChI=1S/C8H12N4O.C2H6/c1-9-7(13)6-4-10-8(11-5-6)12(2)3;1-2/h4-5H,1-3H3,(H,9,13);1-2H3. The summed E-state index contributed by atoms with van der Waals surface area (Å²) < 4.78 is 0. The predicted molar refractivity (Wildman–Crippen MR) is 61.1 cm³/mol. The van der Waals surface area contributed by atoms with Crippen LogP contribution in [0, 0.1) is 0 Å². The Hall–Kier alpha value is -1.65. The summed E-state index contributed by atoms with van der Waals surface area (Å²) in [6.07, 6.45) is 3.00. The molecule has 0 spiro atoms. The molecule has 84 valence electrons. The van der Waals surface area contributed by atoms with E-state index in [1.807, 2.05) is 27.9 Å². The van der Waals surface area contributed by atoms with Crippen LogP contribution in [0.2, 0.25) is 0 Å². The number of aromatic nitrogens is 2. The molecule has 0 unspecified atom stereocenters. The molecule has 5 heteroatoms. The Morgan fingerprint density at radius 3 is 2.07 bits per heavy atom. The molecule has 0 aromatic carbocycles. The van der Waals surface area contributed by atoms with Crippen molar-refractivity contribution in [1.29, 1.82) is 0 Å². The number of rotatable bonds is 2. The van der Waals surface area contributed by atoms with Crippen molar-refractivity contribution >= 4 is 11.9 Å². The summed E-state index contributed by atoms with van der Waals surface area (Å²) in [6.45, 7) is 4.00. The summed E-state index contributed by atoms with van der Waals surface area (Å²) in [5.74, 6) is 0.415. The van der Waals surface area contributed by atoms with Crippen molar-refractivity contribution in [3.05, 3.63) is 18.0 Å². The molecule has 0 aliphatic carbocycles. The van der Waals surface area contributed by atoms with Crippen LogP contribution < -0.4 is 10.2 Å². The average molecular weight is 210 g/mol. The van der Waals surface area contributed by atoms with E-state index in [9.17, 15) is 4.79 Å². The van der Waals surface area contributed by atoms with Crippen molar-refractivity contribution in [2.24, 2.45) is 0 Å². The van der Waals surface area contributed by atoms with Gasteiger partial charge in [0.1, 0.15) is 0 Å². The average Bonchev–Trinajstić information content (AvgIpc) is 2.31. The molecule has 1 aromatic heterocycles. The maximum atomic E-state index is 11.1. The van der Waals surface area contributed by atoms with Gasteiger partial charge in [-0.2, -0.15) is 0 Å². The van der Waals surface area contributed by atoms with Gasteiger partial charge in [-0.3, -0.25) is 4.79 Å². The predicted octanol–water partition coefficient (Wildman–Crippen LogP) is 0.928. The number of hydrogen-bond acceptors (Lipinski definition) is 4. The Balaban J connectivity index is 0.000000921. The van der Waals surface area contributed by atoms with Crippen LogP contribution in [0.25, 0.3) is 0 Å². The highest BCUT2D eigenvalue weighted by Gasteiger charge is 2.04. The van der Waals surface area contributed by atoms with Gasteiger partial charge in [-0.15, -0.1) is 0 Å². The Kier molecular flexibility index (Phi) is 6.01. The smallest absolute Gasteiger partial charge is 0.254 e. The molecule has 0 radical (unpaired) electrons. The number of nitrogens with zero attached hydrogens (tertiary/aromatic N) is 3. The van der Waals surface area contributed by atoms with Gasteiger partial charge in [0.05, 0.1) is 5.56 Å². The van der Waals surface area contributed by atoms with E-state index in [4.69, 9.17) is 0 Å². The van der Waals surface area contributed by atoms with Crippen LogP contribution in [0.5, 0.6) is 0 Å². The number of nitrogens with one attached hydrogen (secondary N) is 1. The maximum Gasteiger partial charge on any atom is 0.254 e. The van der Waals surface area contributed by atoms with Crippen LogP contribution in [0.1, 0.15) is 24.2 Å². The third-order valence-electron chi connectivity index (χ3n) is 1.53. The van der Waals surface area contributed by atoms with Crippen LogP contribution in [0.3, 0.4) is 0 Å². The highest BCUT2D eigenvalue weighted by molar-refractivity contribution is 5.93. The lowest BCUT2D eigenvalue weighted by Gasteiger charge is -2.08. The lowest BCUT2D eigenvalue weighted by Crippen LogP contribution is -2.19. The fraction of sp³-hybridized carbons (Fsp3) is 0.500. The minimum atomic E-state index is -0.176. The molecule has 1 heterocycles. The lowest BCUT2D eigenvalue weighted by molar-refractivity contribution is 0.0962. The van der Waals surface area contributed by atoms with Gasteiger partial charge in [-0.05, 0) is 0 Å². The normalized spacial score (nSPS) is 8.60. The highest BCUT2D eigenvalue weighted by Crippen LogP contribution is 2.02. The topological polar surface area (TPSA) is 58.1 Å². The lowest BCUT2D eigenvalue weighted by atomic mass is 10.3. The molecule has 0 atom stereocenters. The van der Waals surface area contributed by atoms with Gasteiger partial charge in [0, 0.05) is 33.5 Å². The molecule has 0 saturated carbocycles. The minimum absolute atomic E-state index is 0.176. The fourth-order valence-electron chi connectivity index (χ4n) is 0.814. The minimum Gasteiger partial charge on any atom is -0.355 e. The van der Waals surface area contributed by atoms with Gasteiger partial charge < -0.3 is 10.2 Å². The number of hydrogen-bond donors (Lipinski definition) is 1. The molecular formula is C10H18N4O. The van der Waals surface area contributed by atoms with Gasteiger partial charge in [0.15, 0.2) is 0 Å². The van der Waals surface area contributed by atoms with E-state index < -0.39 is 0 Å². The second-order valence-corrected chi connectivity index (χ2v) is 2.75. The molecule has 0 bridgehead atoms. The third kappa shape index (κ3) is 3.93. The largest absolute Gasteiger partial charge is 0.355 e. The van der Waals surface area contributed by atoms with E-state index in [1.165, 1.54) is 12.4 Å². The van der Waals surface area contributed by atoms with E-state index in [1.54, 1.807) is 11.9 Å². The van der Waals surface area contributed by atoms with Gasteiger partial charge in [-0.25, -0.2) is 9.97 Å². The van der Waals surface area contributed by atoms with E-state index in [-0.39, 0.29) is 5.91 Å². The summed E-state index contributed by atoms with van der Waals surface area (Å²) in [6, 6.07) is 0. The van der Waals surface area contributed by atoms with Crippen LogP contribution in [0.4, 0.5) is 5.95 Å². The summed E-state index contributed by atoms with van der Waals surface area (Å²) in [5, 5.41) is 2.50. The second kappa shape index (κ2) is 6.75. The Morgan fingerprint density at radius 1 is 1.27 bits per heavy atom. The van der Waals surface area contributed by atoms with Crippen LogP contribution in [0.15, 0.2) is 12.4 Å². The molecule has 1 rings (SSSR count). The summed E-state index contributed by atoms with van der Waals surface area (Å²) in [4.78, 5) is 20.9. The first kappa shape index (κ1) is 13.4. The first-order valence-corrected chi connectivity index (χ1v) is 4.86. The van der Waals surface area contributed by atoms with Crippen molar-refractivity contribution in [2.75, 3.05) is 26.0 Å². The van der Waals surface area contributed by atoms with E-state index in [0.29, 0.717) is 11.5 Å². The molecule has 0 aliphatic heterocycles. The number of amides is 1. The molecular weight excluding hydrogens is 192 g/mol. The fourth-order valence-corrected chi connectivity index (χ4v) is 0.814. The molecule has 15 heavy (non-hydrogen) atoms. The first-order chi connectivity index (χ1) is 7.15. The monoisotopic (exact) mass is 210 g/mol. The zero-order valence-corrected chi connectivity index (χ0v) is 9.90. The van der Waals surface area contributed by atoms with Crippen LogP contribution in [-0.4, -0.2) is 37.0 Å². The van der Waals surface area contributed by atoms with Crippen molar-refractivity contribution in [2.45, 2.75) is 13.8 Å². The second-order valence-electron chi connectivity index (χ2n) is 2.75. The molecule has 1 aromatic rings. The van der Waals surface area contributed by atoms with E-state index in [2.05, 4.69) is 15.3 Å². The van der Waals surface area contributed by atoms with Crippen LogP contribution >= 0.6 is 0 Å². The summed E-state index contributed by atoms with van der Waals surface area (Å²) in [7, 11) is 5.26. The maximum absolute atomic E-state index is 11.1. The van der Waals surface area contributed by atoms with E-state index in [0.717, 1.165) is 0 Å². The molecule has 0 aliphatic rings. The number of carbonyl (C=O) groups excluding carboxylic acids is 1. The number of carbonyl (C=O) groups is 1. The van der Waals surface area contributed by atoms with E-state index >= 15 is 0 Å². The van der Waals surface area contributed by atoms with Crippen LogP contribution in [-0.2, 0) is 0 Å². The first-order valence-electron chi connectivity index (χ1n) is 4.86. The molecule has 1 N–H and O–H groups in total. The summed E-state index contributed by atoms with van der Waals surface area (Å²) in [5.41, 5.74) is 0.466. The molecule has 5 nitrogen and oxygen atoms in total. The third-order valence-corrected chi connectivity index (χ3v) is 1.53. The van der Waals surface area contributed by atoms with Crippen molar-refractivity contribution < 1.29 is 4.79 Å². The zero-order chi connectivity index (χ0) is 11.8. The number of anilines is 1. The Labute approximate surface area is 90.5 Å². The molecule has 0 saturated heterocycles. The molecule has 1 amide bonds. The van der Waals surface area contributed by atoms with Crippen molar-refractivity contribution in [3.63, 3.8) is 0 Å². The SMILES string of the molecule is CC.CNC(=O)c1cnc(N(C)C)nc1. The Bertz CT molecular complexity index is 295.